The Bertz CT molecular complexity index is 272. The van der Waals surface area contributed by atoms with Crippen molar-refractivity contribution in [2.75, 3.05) is 6.61 Å². The monoisotopic (exact) mass is 210 g/mol. The maximum absolute atomic E-state index is 11.1. The molecule has 2 rings (SSSR count). The molecule has 0 aromatic carbocycles. The average molecular weight is 210 g/mol. The first-order valence-corrected chi connectivity index (χ1v) is 5.65. The van der Waals surface area contributed by atoms with E-state index in [1.807, 2.05) is 0 Å². The lowest BCUT2D eigenvalue weighted by Gasteiger charge is -2.18. The summed E-state index contributed by atoms with van der Waals surface area (Å²) in [5.41, 5.74) is 0.476. The Balaban J connectivity index is 1.61. The molecular weight excluding hydrogens is 192 g/mol. The molecule has 2 aliphatic rings. The van der Waals surface area contributed by atoms with Crippen molar-refractivity contribution in [2.24, 2.45) is 5.92 Å². The highest BCUT2D eigenvalue weighted by Crippen LogP contribution is 2.40. The van der Waals surface area contributed by atoms with E-state index in [-0.39, 0.29) is 5.97 Å². The molecule has 0 radical (unpaired) electrons. The van der Waals surface area contributed by atoms with E-state index in [1.165, 1.54) is 12.8 Å². The Morgan fingerprint density at radius 3 is 2.93 bits per heavy atom. The van der Waals surface area contributed by atoms with Gasteiger partial charge < -0.3 is 9.47 Å². The zero-order valence-corrected chi connectivity index (χ0v) is 9.20. The molecule has 0 N–H and O–H groups in total. The van der Waals surface area contributed by atoms with Crippen LogP contribution < -0.4 is 0 Å². The number of epoxide rings is 1. The van der Waals surface area contributed by atoms with Crippen molar-refractivity contribution in [3.8, 4) is 0 Å². The molecule has 0 bridgehead atoms. The normalized spacial score (nSPS) is 33.0. The molecule has 84 valence electrons. The Morgan fingerprint density at radius 2 is 2.27 bits per heavy atom. The maximum Gasteiger partial charge on any atom is 0.333 e. The number of esters is 1. The van der Waals surface area contributed by atoms with Crippen molar-refractivity contribution < 1.29 is 14.3 Å². The third-order valence-corrected chi connectivity index (χ3v) is 3.22. The Hall–Kier alpha value is -0.830. The first-order chi connectivity index (χ1) is 7.16. The molecule has 3 nitrogen and oxygen atoms in total. The largest absolute Gasteiger partial charge is 0.462 e. The van der Waals surface area contributed by atoms with Crippen LogP contribution in [0, 0.1) is 5.92 Å². The van der Waals surface area contributed by atoms with Gasteiger partial charge in [0, 0.05) is 5.57 Å². The van der Waals surface area contributed by atoms with Crippen LogP contribution in [0.5, 0.6) is 0 Å². The molecule has 3 atom stereocenters. The van der Waals surface area contributed by atoms with Crippen molar-refractivity contribution in [2.45, 2.75) is 44.8 Å². The Labute approximate surface area is 90.4 Å². The van der Waals surface area contributed by atoms with E-state index in [0.717, 1.165) is 12.8 Å². The standard InChI is InChI=1S/C12H18O3/c1-8(2)12(13)14-6-5-9-3-4-10-11(7-9)15-10/h9-11H,1,3-7H2,2H3. The second-order valence-corrected chi connectivity index (χ2v) is 4.60. The highest BCUT2D eigenvalue weighted by Gasteiger charge is 2.43. The van der Waals surface area contributed by atoms with Crippen LogP contribution in [0.1, 0.15) is 32.6 Å². The summed E-state index contributed by atoms with van der Waals surface area (Å²) in [5.74, 6) is 0.401. The van der Waals surface area contributed by atoms with Crippen LogP contribution in [0.25, 0.3) is 0 Å². The van der Waals surface area contributed by atoms with Crippen molar-refractivity contribution in [1.82, 2.24) is 0 Å². The molecule has 0 amide bonds. The Morgan fingerprint density at radius 1 is 1.47 bits per heavy atom. The molecule has 1 aliphatic carbocycles. The second-order valence-electron chi connectivity index (χ2n) is 4.60. The molecule has 1 saturated heterocycles. The van der Waals surface area contributed by atoms with Gasteiger partial charge in [0.1, 0.15) is 0 Å². The van der Waals surface area contributed by atoms with Gasteiger partial charge in [-0.1, -0.05) is 6.58 Å². The first-order valence-electron chi connectivity index (χ1n) is 5.65. The fourth-order valence-electron chi connectivity index (χ4n) is 2.19. The van der Waals surface area contributed by atoms with Gasteiger partial charge in [-0.3, -0.25) is 0 Å². The molecule has 2 fully saturated rings. The van der Waals surface area contributed by atoms with E-state index in [9.17, 15) is 4.79 Å². The van der Waals surface area contributed by atoms with Gasteiger partial charge >= 0.3 is 5.97 Å². The van der Waals surface area contributed by atoms with Crippen LogP contribution in [0.15, 0.2) is 12.2 Å². The van der Waals surface area contributed by atoms with Crippen molar-refractivity contribution >= 4 is 5.97 Å². The summed E-state index contributed by atoms with van der Waals surface area (Å²) in [5, 5.41) is 0. The zero-order chi connectivity index (χ0) is 10.8. The summed E-state index contributed by atoms with van der Waals surface area (Å²) in [7, 11) is 0. The summed E-state index contributed by atoms with van der Waals surface area (Å²) in [6.45, 7) is 5.74. The SMILES string of the molecule is C=C(C)C(=O)OCCC1CCC2OC2C1. The minimum absolute atomic E-state index is 0.272. The van der Waals surface area contributed by atoms with Crippen LogP contribution in [0.4, 0.5) is 0 Å². The van der Waals surface area contributed by atoms with Gasteiger partial charge in [-0.25, -0.2) is 4.79 Å². The minimum atomic E-state index is -0.272. The lowest BCUT2D eigenvalue weighted by Crippen LogP contribution is -2.16. The average Bonchev–Trinajstić information content (AvgIpc) is 2.95. The highest BCUT2D eigenvalue weighted by molar-refractivity contribution is 5.86. The van der Waals surface area contributed by atoms with Crippen LogP contribution in [0.3, 0.4) is 0 Å². The van der Waals surface area contributed by atoms with E-state index in [4.69, 9.17) is 9.47 Å². The molecule has 15 heavy (non-hydrogen) atoms. The van der Waals surface area contributed by atoms with E-state index < -0.39 is 0 Å². The highest BCUT2D eigenvalue weighted by atomic mass is 16.6. The number of hydrogen-bond donors (Lipinski definition) is 0. The molecule has 3 heteroatoms. The summed E-state index contributed by atoms with van der Waals surface area (Å²) < 4.78 is 10.5. The number of ether oxygens (including phenoxy) is 2. The minimum Gasteiger partial charge on any atom is -0.462 e. The number of hydrogen-bond acceptors (Lipinski definition) is 3. The third-order valence-electron chi connectivity index (χ3n) is 3.22. The first kappa shape index (κ1) is 10.7. The molecule has 0 spiro atoms. The predicted molar refractivity (Wildman–Crippen MR) is 56.4 cm³/mol. The fourth-order valence-corrected chi connectivity index (χ4v) is 2.19. The van der Waals surface area contributed by atoms with Gasteiger partial charge in [-0.2, -0.15) is 0 Å². The molecule has 3 unspecified atom stereocenters. The van der Waals surface area contributed by atoms with Gasteiger partial charge in [-0.15, -0.1) is 0 Å². The van der Waals surface area contributed by atoms with Gasteiger partial charge in [0.05, 0.1) is 18.8 Å². The summed E-state index contributed by atoms with van der Waals surface area (Å²) in [4.78, 5) is 11.1. The molecule has 0 aromatic rings. The lowest BCUT2D eigenvalue weighted by atomic mass is 9.87. The van der Waals surface area contributed by atoms with Crippen molar-refractivity contribution in [3.63, 3.8) is 0 Å². The lowest BCUT2D eigenvalue weighted by molar-refractivity contribution is -0.139. The quantitative estimate of drug-likeness (QED) is 0.405. The summed E-state index contributed by atoms with van der Waals surface area (Å²) in [6, 6.07) is 0. The second kappa shape index (κ2) is 4.35. The van der Waals surface area contributed by atoms with E-state index >= 15 is 0 Å². The molecule has 1 heterocycles. The maximum atomic E-state index is 11.1. The third kappa shape index (κ3) is 2.81. The van der Waals surface area contributed by atoms with Gasteiger partial charge in [-0.05, 0) is 38.5 Å². The number of carbonyl (C=O) groups is 1. The van der Waals surface area contributed by atoms with Crippen LogP contribution in [-0.4, -0.2) is 24.8 Å². The fraction of sp³-hybridized carbons (Fsp3) is 0.750. The summed E-state index contributed by atoms with van der Waals surface area (Å²) in [6.07, 6.45) is 5.58. The zero-order valence-electron chi connectivity index (χ0n) is 9.20. The summed E-state index contributed by atoms with van der Waals surface area (Å²) >= 11 is 0. The molecule has 1 saturated carbocycles. The molecule has 1 aliphatic heterocycles. The van der Waals surface area contributed by atoms with E-state index in [1.54, 1.807) is 6.92 Å². The van der Waals surface area contributed by atoms with E-state index in [2.05, 4.69) is 6.58 Å². The number of rotatable bonds is 4. The van der Waals surface area contributed by atoms with Gasteiger partial charge in [0.2, 0.25) is 0 Å². The Kier molecular flexibility index (Phi) is 3.10. The van der Waals surface area contributed by atoms with Crippen molar-refractivity contribution in [1.29, 1.82) is 0 Å². The number of fused-ring (bicyclic) bond motifs is 1. The predicted octanol–water partition coefficient (Wildman–Crippen LogP) is 2.06. The van der Waals surface area contributed by atoms with Gasteiger partial charge in [0.15, 0.2) is 0 Å². The number of carbonyl (C=O) groups excluding carboxylic acids is 1. The molecular formula is C12H18O3. The van der Waals surface area contributed by atoms with Gasteiger partial charge in [0.25, 0.3) is 0 Å². The van der Waals surface area contributed by atoms with Crippen LogP contribution in [-0.2, 0) is 14.3 Å². The topological polar surface area (TPSA) is 38.8 Å². The smallest absolute Gasteiger partial charge is 0.333 e. The van der Waals surface area contributed by atoms with Crippen LogP contribution >= 0.6 is 0 Å². The van der Waals surface area contributed by atoms with E-state index in [0.29, 0.717) is 30.3 Å². The molecule has 0 aromatic heterocycles. The van der Waals surface area contributed by atoms with Crippen molar-refractivity contribution in [3.05, 3.63) is 12.2 Å². The van der Waals surface area contributed by atoms with Crippen LogP contribution in [0.2, 0.25) is 0 Å².